The van der Waals surface area contributed by atoms with Crippen molar-refractivity contribution in [3.63, 3.8) is 0 Å². The molecule has 0 saturated carbocycles. The minimum atomic E-state index is 0.146. The molecule has 1 aromatic rings. The lowest BCUT2D eigenvalue weighted by atomic mass is 9.90. The molecule has 1 aromatic carbocycles. The molecule has 2 nitrogen and oxygen atoms in total. The smallest absolute Gasteiger partial charge is 0.0799 e. The molecule has 2 heterocycles. The highest BCUT2D eigenvalue weighted by Crippen LogP contribution is 2.38. The highest BCUT2D eigenvalue weighted by Gasteiger charge is 2.40. The predicted octanol–water partition coefficient (Wildman–Crippen LogP) is 3.81. The van der Waals surface area contributed by atoms with Crippen LogP contribution >= 0.6 is 23.4 Å². The molecule has 2 aliphatic rings. The number of hydrogen-bond acceptors (Lipinski definition) is 3. The fourth-order valence-electron chi connectivity index (χ4n) is 2.80. The summed E-state index contributed by atoms with van der Waals surface area (Å²) in [4.78, 5) is 0. The summed E-state index contributed by atoms with van der Waals surface area (Å²) in [5.74, 6) is 2.40. The Morgan fingerprint density at radius 1 is 1.33 bits per heavy atom. The molecule has 0 aliphatic carbocycles. The Morgan fingerprint density at radius 3 is 2.89 bits per heavy atom. The maximum atomic E-state index is 6.03. The van der Waals surface area contributed by atoms with Crippen molar-refractivity contribution in [3.05, 3.63) is 29.3 Å². The number of benzene rings is 1. The van der Waals surface area contributed by atoms with E-state index >= 15 is 0 Å². The first kappa shape index (κ1) is 12.6. The number of ether oxygens (including phenoxy) is 1. The highest BCUT2D eigenvalue weighted by atomic mass is 35.5. The number of thioether (sulfide) groups is 1. The topological polar surface area (TPSA) is 21.3 Å². The maximum Gasteiger partial charge on any atom is 0.0799 e. The van der Waals surface area contributed by atoms with Crippen LogP contribution in [0.4, 0.5) is 5.69 Å². The lowest BCUT2D eigenvalue weighted by Gasteiger charge is -2.38. The van der Waals surface area contributed by atoms with Crippen LogP contribution in [0.5, 0.6) is 0 Å². The van der Waals surface area contributed by atoms with E-state index in [2.05, 4.69) is 5.32 Å². The number of rotatable bonds is 2. The third-order valence-corrected chi connectivity index (χ3v) is 5.25. The Balaban J connectivity index is 1.64. The van der Waals surface area contributed by atoms with Gasteiger partial charge in [0.2, 0.25) is 0 Å². The Bertz CT molecular complexity index is 403. The third-order valence-electron chi connectivity index (χ3n) is 3.78. The first-order chi connectivity index (χ1) is 8.76. The summed E-state index contributed by atoms with van der Waals surface area (Å²) in [6.07, 6.45) is 3.42. The van der Waals surface area contributed by atoms with E-state index in [0.29, 0.717) is 6.04 Å². The van der Waals surface area contributed by atoms with Crippen LogP contribution in [0, 0.1) is 0 Å². The molecular formula is C14H18ClNOS. The van der Waals surface area contributed by atoms with E-state index in [1.807, 2.05) is 36.0 Å². The molecule has 2 saturated heterocycles. The quantitative estimate of drug-likeness (QED) is 0.892. The van der Waals surface area contributed by atoms with Gasteiger partial charge in [0.1, 0.15) is 0 Å². The van der Waals surface area contributed by atoms with Gasteiger partial charge in [0.25, 0.3) is 0 Å². The fourth-order valence-corrected chi connectivity index (χ4v) is 4.30. The van der Waals surface area contributed by atoms with Gasteiger partial charge in [-0.3, -0.25) is 0 Å². The van der Waals surface area contributed by atoms with Crippen LogP contribution in [0.1, 0.15) is 19.3 Å². The molecule has 3 rings (SSSR count). The van der Waals surface area contributed by atoms with Crippen molar-refractivity contribution in [2.24, 2.45) is 0 Å². The van der Waals surface area contributed by atoms with Crippen LogP contribution in [-0.2, 0) is 4.74 Å². The molecule has 2 atom stereocenters. The molecule has 1 spiro atoms. The second-order valence-electron chi connectivity index (χ2n) is 5.18. The van der Waals surface area contributed by atoms with Gasteiger partial charge in [0.15, 0.2) is 0 Å². The maximum absolute atomic E-state index is 6.03. The Morgan fingerprint density at radius 2 is 2.17 bits per heavy atom. The molecule has 2 unspecified atom stereocenters. The molecule has 98 valence electrons. The zero-order valence-corrected chi connectivity index (χ0v) is 11.9. The van der Waals surface area contributed by atoms with E-state index in [1.165, 1.54) is 12.2 Å². The number of nitrogens with one attached hydrogen (secondary N) is 1. The fraction of sp³-hybridized carbons (Fsp3) is 0.571. The van der Waals surface area contributed by atoms with Crippen LogP contribution in [0.2, 0.25) is 5.02 Å². The van der Waals surface area contributed by atoms with E-state index in [4.69, 9.17) is 16.3 Å². The van der Waals surface area contributed by atoms with Crippen molar-refractivity contribution in [3.8, 4) is 0 Å². The van der Waals surface area contributed by atoms with E-state index in [1.54, 1.807) is 0 Å². The van der Waals surface area contributed by atoms with Crippen molar-refractivity contribution in [1.82, 2.24) is 0 Å². The van der Waals surface area contributed by atoms with Crippen molar-refractivity contribution in [2.45, 2.75) is 30.9 Å². The van der Waals surface area contributed by atoms with Crippen LogP contribution in [0.25, 0.3) is 0 Å². The van der Waals surface area contributed by atoms with Gasteiger partial charge in [-0.1, -0.05) is 11.6 Å². The van der Waals surface area contributed by atoms with E-state index < -0.39 is 0 Å². The van der Waals surface area contributed by atoms with E-state index in [9.17, 15) is 0 Å². The zero-order chi connectivity index (χ0) is 12.4. The first-order valence-corrected chi connectivity index (χ1v) is 8.03. The highest BCUT2D eigenvalue weighted by molar-refractivity contribution is 7.99. The summed E-state index contributed by atoms with van der Waals surface area (Å²) in [5, 5.41) is 4.40. The third kappa shape index (κ3) is 2.79. The Hall–Kier alpha value is -0.380. The van der Waals surface area contributed by atoms with Crippen LogP contribution in [0.15, 0.2) is 24.3 Å². The van der Waals surface area contributed by atoms with Gasteiger partial charge in [-0.2, -0.15) is 11.8 Å². The van der Waals surface area contributed by atoms with Crippen molar-refractivity contribution >= 4 is 29.1 Å². The predicted molar refractivity (Wildman–Crippen MR) is 78.7 cm³/mol. The van der Waals surface area contributed by atoms with E-state index in [0.717, 1.165) is 35.9 Å². The second-order valence-corrected chi connectivity index (χ2v) is 6.72. The number of halogens is 1. The molecule has 0 radical (unpaired) electrons. The standard InChI is InChI=1S/C14H18ClNOS/c15-11-1-3-12(4-2-11)16-13-5-7-17-14(9-13)6-8-18-10-14/h1-4,13,16H,5-10H2. The van der Waals surface area contributed by atoms with Gasteiger partial charge in [-0.15, -0.1) is 0 Å². The summed E-state index contributed by atoms with van der Waals surface area (Å²) in [7, 11) is 0. The minimum absolute atomic E-state index is 0.146. The first-order valence-electron chi connectivity index (χ1n) is 6.50. The summed E-state index contributed by atoms with van der Waals surface area (Å²) >= 11 is 7.92. The molecule has 0 aromatic heterocycles. The molecule has 2 aliphatic heterocycles. The normalized spacial score (nSPS) is 31.7. The van der Waals surface area contributed by atoms with Crippen molar-refractivity contribution in [1.29, 1.82) is 0 Å². The second kappa shape index (κ2) is 5.32. The lowest BCUT2D eigenvalue weighted by Crippen LogP contribution is -2.44. The average Bonchev–Trinajstić information content (AvgIpc) is 2.80. The Labute approximate surface area is 117 Å². The average molecular weight is 284 g/mol. The zero-order valence-electron chi connectivity index (χ0n) is 10.3. The summed E-state index contributed by atoms with van der Waals surface area (Å²) in [6, 6.07) is 8.50. The van der Waals surface area contributed by atoms with Gasteiger partial charge < -0.3 is 10.1 Å². The van der Waals surface area contributed by atoms with E-state index in [-0.39, 0.29) is 5.60 Å². The molecule has 1 N–H and O–H groups in total. The van der Waals surface area contributed by atoms with Gasteiger partial charge in [-0.05, 0) is 49.3 Å². The molecular weight excluding hydrogens is 266 g/mol. The monoisotopic (exact) mass is 283 g/mol. The van der Waals surface area contributed by atoms with Gasteiger partial charge >= 0.3 is 0 Å². The van der Waals surface area contributed by atoms with Gasteiger partial charge in [0.05, 0.1) is 5.60 Å². The molecule has 18 heavy (non-hydrogen) atoms. The van der Waals surface area contributed by atoms with Gasteiger partial charge in [0, 0.05) is 29.1 Å². The SMILES string of the molecule is Clc1ccc(NC2CCOC3(CCSC3)C2)cc1. The summed E-state index contributed by atoms with van der Waals surface area (Å²) in [5.41, 5.74) is 1.31. The number of anilines is 1. The summed E-state index contributed by atoms with van der Waals surface area (Å²) in [6.45, 7) is 0.881. The number of hydrogen-bond donors (Lipinski definition) is 1. The van der Waals surface area contributed by atoms with Crippen molar-refractivity contribution < 1.29 is 4.74 Å². The Kier molecular flexibility index (Phi) is 3.73. The van der Waals surface area contributed by atoms with Crippen LogP contribution in [-0.4, -0.2) is 29.8 Å². The molecule has 4 heteroatoms. The largest absolute Gasteiger partial charge is 0.382 e. The molecule has 0 bridgehead atoms. The summed E-state index contributed by atoms with van der Waals surface area (Å²) < 4.78 is 6.03. The minimum Gasteiger partial charge on any atom is -0.382 e. The molecule has 0 amide bonds. The molecule has 2 fully saturated rings. The van der Waals surface area contributed by atoms with Crippen LogP contribution in [0.3, 0.4) is 0 Å². The van der Waals surface area contributed by atoms with Crippen molar-refractivity contribution in [2.75, 3.05) is 23.4 Å². The lowest BCUT2D eigenvalue weighted by molar-refractivity contribution is -0.0628. The van der Waals surface area contributed by atoms with Crippen LogP contribution < -0.4 is 5.32 Å². The van der Waals surface area contributed by atoms with Gasteiger partial charge in [-0.25, -0.2) is 0 Å².